The van der Waals surface area contributed by atoms with Crippen molar-refractivity contribution >= 4 is 0 Å². The van der Waals surface area contributed by atoms with E-state index in [0.717, 1.165) is 13.1 Å². The Morgan fingerprint density at radius 3 is 2.62 bits per heavy atom. The van der Waals surface area contributed by atoms with Crippen LogP contribution < -0.4 is 11.1 Å². The average Bonchev–Trinajstić information content (AvgIpc) is 2.93. The largest absolute Gasteiger partial charge is 0.330 e. The Hall–Kier alpha value is -0.0800. The molecule has 0 bridgehead atoms. The predicted molar refractivity (Wildman–Crippen MR) is 57.7 cm³/mol. The van der Waals surface area contributed by atoms with E-state index in [2.05, 4.69) is 19.2 Å². The van der Waals surface area contributed by atoms with Gasteiger partial charge in [-0.25, -0.2) is 0 Å². The highest BCUT2D eigenvalue weighted by molar-refractivity contribution is 4.93. The van der Waals surface area contributed by atoms with Crippen LogP contribution in [0.4, 0.5) is 0 Å². The van der Waals surface area contributed by atoms with Crippen molar-refractivity contribution in [3.63, 3.8) is 0 Å². The Balaban J connectivity index is 1.95. The highest BCUT2D eigenvalue weighted by atomic mass is 14.9. The second-order valence-corrected chi connectivity index (χ2v) is 4.66. The minimum atomic E-state index is 0.671. The summed E-state index contributed by atoms with van der Waals surface area (Å²) >= 11 is 0. The van der Waals surface area contributed by atoms with Gasteiger partial charge < -0.3 is 11.1 Å². The number of nitrogens with one attached hydrogen (secondary N) is 1. The molecule has 0 aromatic rings. The molecule has 0 aliphatic heterocycles. The Kier molecular flexibility index (Phi) is 4.20. The topological polar surface area (TPSA) is 38.0 Å². The summed E-state index contributed by atoms with van der Waals surface area (Å²) in [5, 5.41) is 3.55. The molecule has 13 heavy (non-hydrogen) atoms. The number of rotatable bonds is 7. The van der Waals surface area contributed by atoms with E-state index < -0.39 is 0 Å². The first-order valence-electron chi connectivity index (χ1n) is 5.63. The zero-order chi connectivity index (χ0) is 9.73. The summed E-state index contributed by atoms with van der Waals surface area (Å²) in [5.41, 5.74) is 6.24. The van der Waals surface area contributed by atoms with Gasteiger partial charge in [-0.2, -0.15) is 0 Å². The van der Waals surface area contributed by atoms with Crippen LogP contribution in [-0.2, 0) is 0 Å². The predicted octanol–water partition coefficient (Wildman–Crippen LogP) is 1.75. The van der Waals surface area contributed by atoms with Gasteiger partial charge in [0.05, 0.1) is 0 Å². The summed E-state index contributed by atoms with van der Waals surface area (Å²) in [6.07, 6.45) is 5.43. The van der Waals surface area contributed by atoms with Gasteiger partial charge in [-0.05, 0) is 50.1 Å². The first kappa shape index (κ1) is 11.0. The molecular weight excluding hydrogens is 160 g/mol. The molecular formula is C11H24N2. The van der Waals surface area contributed by atoms with Crippen LogP contribution in [0, 0.1) is 11.3 Å². The molecule has 0 amide bonds. The average molecular weight is 184 g/mol. The molecule has 0 heterocycles. The maximum Gasteiger partial charge on any atom is 0.000771 e. The van der Waals surface area contributed by atoms with Gasteiger partial charge in [-0.3, -0.25) is 0 Å². The summed E-state index contributed by atoms with van der Waals surface area (Å²) in [6.45, 7) is 7.70. The molecule has 1 aliphatic rings. The first-order chi connectivity index (χ1) is 6.22. The van der Waals surface area contributed by atoms with Crippen molar-refractivity contribution in [3.05, 3.63) is 0 Å². The molecule has 0 saturated heterocycles. The molecule has 0 aromatic heterocycles. The third-order valence-corrected chi connectivity index (χ3v) is 3.42. The fourth-order valence-electron chi connectivity index (χ4n) is 1.65. The molecule has 1 atom stereocenters. The van der Waals surface area contributed by atoms with Crippen LogP contribution in [0.5, 0.6) is 0 Å². The van der Waals surface area contributed by atoms with Crippen molar-refractivity contribution in [2.45, 2.75) is 39.5 Å². The fourth-order valence-corrected chi connectivity index (χ4v) is 1.65. The molecule has 2 nitrogen and oxygen atoms in total. The highest BCUT2D eigenvalue weighted by Crippen LogP contribution is 2.47. The van der Waals surface area contributed by atoms with Crippen molar-refractivity contribution in [3.8, 4) is 0 Å². The van der Waals surface area contributed by atoms with Crippen LogP contribution in [0.2, 0.25) is 0 Å². The SMILES string of the molecule is CCC1(CNCCC(C)CN)CC1. The molecule has 0 radical (unpaired) electrons. The van der Waals surface area contributed by atoms with E-state index in [1.807, 2.05) is 0 Å². The normalized spacial score (nSPS) is 21.5. The van der Waals surface area contributed by atoms with Crippen LogP contribution in [0.1, 0.15) is 39.5 Å². The second kappa shape index (κ2) is 4.97. The van der Waals surface area contributed by atoms with Gasteiger partial charge in [-0.15, -0.1) is 0 Å². The fraction of sp³-hybridized carbons (Fsp3) is 1.00. The number of hydrogen-bond acceptors (Lipinski definition) is 2. The van der Waals surface area contributed by atoms with Crippen LogP contribution in [0.15, 0.2) is 0 Å². The summed E-state index contributed by atoms with van der Waals surface area (Å²) in [5.74, 6) is 0.671. The lowest BCUT2D eigenvalue weighted by Gasteiger charge is -2.14. The Bertz CT molecular complexity index is 141. The lowest BCUT2D eigenvalue weighted by molar-refractivity contribution is 0.423. The van der Waals surface area contributed by atoms with Crippen molar-refractivity contribution in [1.29, 1.82) is 0 Å². The van der Waals surface area contributed by atoms with Gasteiger partial charge >= 0.3 is 0 Å². The van der Waals surface area contributed by atoms with E-state index in [9.17, 15) is 0 Å². The summed E-state index contributed by atoms with van der Waals surface area (Å²) in [4.78, 5) is 0. The molecule has 2 heteroatoms. The van der Waals surface area contributed by atoms with E-state index in [1.54, 1.807) is 0 Å². The third kappa shape index (κ3) is 3.65. The van der Waals surface area contributed by atoms with Crippen LogP contribution in [-0.4, -0.2) is 19.6 Å². The maximum absolute atomic E-state index is 5.55. The zero-order valence-electron chi connectivity index (χ0n) is 9.10. The maximum atomic E-state index is 5.55. The van der Waals surface area contributed by atoms with Crippen molar-refractivity contribution < 1.29 is 0 Å². The second-order valence-electron chi connectivity index (χ2n) is 4.66. The Morgan fingerprint density at radius 2 is 2.15 bits per heavy atom. The quantitative estimate of drug-likeness (QED) is 0.592. The van der Waals surface area contributed by atoms with Gasteiger partial charge in [-0.1, -0.05) is 13.8 Å². The monoisotopic (exact) mass is 184 g/mol. The standard InChI is InChI=1S/C11H24N2/c1-3-11(5-6-11)9-13-7-4-10(2)8-12/h10,13H,3-9,12H2,1-2H3. The molecule has 0 aromatic carbocycles. The molecule has 0 spiro atoms. The first-order valence-corrected chi connectivity index (χ1v) is 5.63. The van der Waals surface area contributed by atoms with E-state index in [1.165, 1.54) is 32.2 Å². The minimum absolute atomic E-state index is 0.671. The van der Waals surface area contributed by atoms with Gasteiger partial charge in [0.25, 0.3) is 0 Å². The zero-order valence-corrected chi connectivity index (χ0v) is 9.10. The summed E-state index contributed by atoms with van der Waals surface area (Å²) < 4.78 is 0. The Labute approximate surface area is 82.3 Å². The lowest BCUT2D eigenvalue weighted by atomic mass is 10.0. The van der Waals surface area contributed by atoms with Gasteiger partial charge in [0.15, 0.2) is 0 Å². The van der Waals surface area contributed by atoms with E-state index in [4.69, 9.17) is 5.73 Å². The van der Waals surface area contributed by atoms with Crippen LogP contribution >= 0.6 is 0 Å². The van der Waals surface area contributed by atoms with Gasteiger partial charge in [0, 0.05) is 6.54 Å². The Morgan fingerprint density at radius 1 is 1.46 bits per heavy atom. The van der Waals surface area contributed by atoms with Crippen molar-refractivity contribution in [1.82, 2.24) is 5.32 Å². The van der Waals surface area contributed by atoms with Crippen molar-refractivity contribution in [2.75, 3.05) is 19.6 Å². The summed E-state index contributed by atoms with van der Waals surface area (Å²) in [7, 11) is 0. The molecule has 1 unspecified atom stereocenters. The highest BCUT2D eigenvalue weighted by Gasteiger charge is 2.39. The molecule has 1 rings (SSSR count). The minimum Gasteiger partial charge on any atom is -0.330 e. The third-order valence-electron chi connectivity index (χ3n) is 3.42. The molecule has 78 valence electrons. The number of hydrogen-bond donors (Lipinski definition) is 2. The smallest absolute Gasteiger partial charge is 0.000771 e. The molecule has 1 saturated carbocycles. The van der Waals surface area contributed by atoms with Crippen LogP contribution in [0.25, 0.3) is 0 Å². The van der Waals surface area contributed by atoms with E-state index in [0.29, 0.717) is 11.3 Å². The lowest BCUT2D eigenvalue weighted by Crippen LogP contribution is -2.26. The van der Waals surface area contributed by atoms with Crippen LogP contribution in [0.3, 0.4) is 0 Å². The molecule has 1 aliphatic carbocycles. The molecule has 3 N–H and O–H groups in total. The number of nitrogens with two attached hydrogens (primary N) is 1. The van der Waals surface area contributed by atoms with Gasteiger partial charge in [0.2, 0.25) is 0 Å². The van der Waals surface area contributed by atoms with E-state index in [-0.39, 0.29) is 0 Å². The summed E-state index contributed by atoms with van der Waals surface area (Å²) in [6, 6.07) is 0. The van der Waals surface area contributed by atoms with Gasteiger partial charge in [0.1, 0.15) is 0 Å². The van der Waals surface area contributed by atoms with E-state index >= 15 is 0 Å². The van der Waals surface area contributed by atoms with Crippen molar-refractivity contribution in [2.24, 2.45) is 17.1 Å². The molecule has 1 fully saturated rings.